The van der Waals surface area contributed by atoms with Crippen molar-refractivity contribution in [1.29, 1.82) is 0 Å². The topological polar surface area (TPSA) is 61.4 Å². The van der Waals surface area contributed by atoms with Gasteiger partial charge in [0.15, 0.2) is 0 Å². The molecule has 19 heavy (non-hydrogen) atoms. The predicted octanol–water partition coefficient (Wildman–Crippen LogP) is 1.44. The van der Waals surface area contributed by atoms with Crippen LogP contribution in [0.3, 0.4) is 0 Å². The molecule has 0 heterocycles. The third-order valence-corrected chi connectivity index (χ3v) is 3.08. The summed E-state index contributed by atoms with van der Waals surface area (Å²) in [5.41, 5.74) is 0. The van der Waals surface area contributed by atoms with Gasteiger partial charge in [-0.2, -0.15) is 13.2 Å². The molecule has 1 amide bonds. The zero-order valence-electron chi connectivity index (χ0n) is 11.5. The lowest BCUT2D eigenvalue weighted by Gasteiger charge is -2.22. The number of carbonyl (C=O) groups is 1. The van der Waals surface area contributed by atoms with Crippen molar-refractivity contribution in [2.45, 2.75) is 51.9 Å². The molecule has 0 rings (SSSR count). The van der Waals surface area contributed by atoms with Crippen molar-refractivity contribution in [2.24, 2.45) is 5.92 Å². The zero-order chi connectivity index (χ0) is 15.1. The van der Waals surface area contributed by atoms with E-state index in [0.717, 1.165) is 12.8 Å². The van der Waals surface area contributed by atoms with Crippen LogP contribution < -0.4 is 10.6 Å². The molecule has 114 valence electrons. The smallest absolute Gasteiger partial charge is 0.392 e. The Morgan fingerprint density at radius 1 is 1.26 bits per heavy atom. The quantitative estimate of drug-likeness (QED) is 0.632. The highest BCUT2D eigenvalue weighted by Crippen LogP contribution is 2.13. The Labute approximate surface area is 111 Å². The monoisotopic (exact) mass is 284 g/mol. The fourth-order valence-corrected chi connectivity index (χ4v) is 1.73. The van der Waals surface area contributed by atoms with Crippen LogP contribution in [0.15, 0.2) is 0 Å². The van der Waals surface area contributed by atoms with Gasteiger partial charge in [-0.1, -0.05) is 26.7 Å². The fourth-order valence-electron chi connectivity index (χ4n) is 1.73. The Morgan fingerprint density at radius 2 is 1.79 bits per heavy atom. The Hall–Kier alpha value is -0.820. The van der Waals surface area contributed by atoms with Crippen LogP contribution in [0.25, 0.3) is 0 Å². The standard InChI is InChI=1S/C12H23F3N2O2/c1-4-9(5-2)10(18)6-16-8(3)11(19)17-7-12(13,14)15/h8-10,16,18H,4-7H2,1-3H3,(H,17,19). The van der Waals surface area contributed by atoms with Gasteiger partial charge in [0.2, 0.25) is 5.91 Å². The second-order valence-corrected chi connectivity index (χ2v) is 4.61. The third kappa shape index (κ3) is 8.05. The van der Waals surface area contributed by atoms with Crippen molar-refractivity contribution >= 4 is 5.91 Å². The minimum atomic E-state index is -4.41. The molecule has 3 N–H and O–H groups in total. The molecule has 0 saturated carbocycles. The third-order valence-electron chi connectivity index (χ3n) is 3.08. The summed E-state index contributed by atoms with van der Waals surface area (Å²) in [6.07, 6.45) is -3.39. The molecule has 0 fully saturated rings. The summed E-state index contributed by atoms with van der Waals surface area (Å²) in [6, 6.07) is -0.772. The molecule has 0 saturated heterocycles. The molecule has 0 bridgehead atoms. The lowest BCUT2D eigenvalue weighted by Crippen LogP contribution is -2.47. The summed E-state index contributed by atoms with van der Waals surface area (Å²) in [4.78, 5) is 11.4. The lowest BCUT2D eigenvalue weighted by atomic mass is 9.96. The zero-order valence-corrected chi connectivity index (χ0v) is 11.5. The Kier molecular flexibility index (Phi) is 8.01. The molecule has 0 aromatic carbocycles. The van der Waals surface area contributed by atoms with E-state index in [4.69, 9.17) is 0 Å². The Bertz CT molecular complexity index is 268. The van der Waals surface area contributed by atoms with Gasteiger partial charge in [0.05, 0.1) is 12.1 Å². The molecule has 2 atom stereocenters. The van der Waals surface area contributed by atoms with Crippen LogP contribution in [-0.2, 0) is 4.79 Å². The largest absolute Gasteiger partial charge is 0.405 e. The summed E-state index contributed by atoms with van der Waals surface area (Å²) >= 11 is 0. The minimum absolute atomic E-state index is 0.123. The number of amides is 1. The molecule has 4 nitrogen and oxygen atoms in total. The van der Waals surface area contributed by atoms with E-state index in [1.165, 1.54) is 6.92 Å². The van der Waals surface area contributed by atoms with Gasteiger partial charge in [-0.15, -0.1) is 0 Å². The molecule has 0 aromatic heterocycles. The van der Waals surface area contributed by atoms with Crippen molar-refractivity contribution in [3.8, 4) is 0 Å². The fraction of sp³-hybridized carbons (Fsp3) is 0.917. The van der Waals surface area contributed by atoms with E-state index >= 15 is 0 Å². The van der Waals surface area contributed by atoms with Crippen molar-refractivity contribution < 1.29 is 23.1 Å². The highest BCUT2D eigenvalue weighted by molar-refractivity contribution is 5.81. The van der Waals surface area contributed by atoms with E-state index in [1.807, 2.05) is 13.8 Å². The average Bonchev–Trinajstić information content (AvgIpc) is 2.33. The van der Waals surface area contributed by atoms with E-state index in [9.17, 15) is 23.1 Å². The molecular formula is C12H23F3N2O2. The summed E-state index contributed by atoms with van der Waals surface area (Å²) in [6.45, 7) is 4.22. The molecule has 0 aliphatic rings. The first-order chi connectivity index (χ1) is 8.71. The molecule has 2 unspecified atom stereocenters. The van der Waals surface area contributed by atoms with E-state index in [2.05, 4.69) is 5.32 Å². The van der Waals surface area contributed by atoms with Crippen molar-refractivity contribution in [2.75, 3.05) is 13.1 Å². The first kappa shape index (κ1) is 18.2. The van der Waals surface area contributed by atoms with Crippen molar-refractivity contribution in [3.63, 3.8) is 0 Å². The number of aliphatic hydroxyl groups is 1. The lowest BCUT2D eigenvalue weighted by molar-refractivity contribution is -0.139. The van der Waals surface area contributed by atoms with Crippen LogP contribution >= 0.6 is 0 Å². The van der Waals surface area contributed by atoms with Gasteiger partial charge in [-0.25, -0.2) is 0 Å². The van der Waals surface area contributed by atoms with Gasteiger partial charge in [0.1, 0.15) is 6.54 Å². The second-order valence-electron chi connectivity index (χ2n) is 4.61. The number of halogens is 3. The van der Waals surface area contributed by atoms with Crippen molar-refractivity contribution in [3.05, 3.63) is 0 Å². The van der Waals surface area contributed by atoms with Gasteiger partial charge in [-0.3, -0.25) is 4.79 Å². The number of nitrogens with one attached hydrogen (secondary N) is 2. The van der Waals surface area contributed by atoms with E-state index in [1.54, 1.807) is 5.32 Å². The van der Waals surface area contributed by atoms with Crippen LogP contribution in [0.1, 0.15) is 33.6 Å². The molecule has 0 aliphatic heterocycles. The maximum Gasteiger partial charge on any atom is 0.405 e. The summed E-state index contributed by atoms with van der Waals surface area (Å²) in [7, 11) is 0. The van der Waals surface area contributed by atoms with Crippen LogP contribution in [0.2, 0.25) is 0 Å². The molecular weight excluding hydrogens is 261 g/mol. The normalized spacial score (nSPS) is 15.4. The number of carbonyl (C=O) groups excluding carboxylic acids is 1. The average molecular weight is 284 g/mol. The minimum Gasteiger partial charge on any atom is -0.392 e. The van der Waals surface area contributed by atoms with Gasteiger partial charge >= 0.3 is 6.18 Å². The maximum absolute atomic E-state index is 11.9. The number of alkyl halides is 3. The van der Waals surface area contributed by atoms with E-state index in [-0.39, 0.29) is 12.5 Å². The summed E-state index contributed by atoms with van der Waals surface area (Å²) < 4.78 is 35.7. The molecule has 0 spiro atoms. The SMILES string of the molecule is CCC(CC)C(O)CNC(C)C(=O)NCC(F)(F)F. The highest BCUT2D eigenvalue weighted by atomic mass is 19.4. The Balaban J connectivity index is 4.03. The van der Waals surface area contributed by atoms with Gasteiger partial charge < -0.3 is 15.7 Å². The predicted molar refractivity (Wildman–Crippen MR) is 66.6 cm³/mol. The highest BCUT2D eigenvalue weighted by Gasteiger charge is 2.28. The Morgan fingerprint density at radius 3 is 2.21 bits per heavy atom. The number of aliphatic hydroxyl groups excluding tert-OH is 1. The summed E-state index contributed by atoms with van der Waals surface area (Å²) in [5.74, 6) is -0.605. The van der Waals surface area contributed by atoms with E-state index in [0.29, 0.717) is 0 Å². The number of hydrogen-bond acceptors (Lipinski definition) is 3. The van der Waals surface area contributed by atoms with Crippen LogP contribution in [0.5, 0.6) is 0 Å². The van der Waals surface area contributed by atoms with E-state index < -0.39 is 30.8 Å². The summed E-state index contributed by atoms with van der Waals surface area (Å²) in [5, 5.41) is 14.4. The van der Waals surface area contributed by atoms with Crippen LogP contribution in [-0.4, -0.2) is 42.4 Å². The number of hydrogen-bond donors (Lipinski definition) is 3. The molecule has 7 heteroatoms. The first-order valence-electron chi connectivity index (χ1n) is 6.47. The molecule has 0 radical (unpaired) electrons. The van der Waals surface area contributed by atoms with Gasteiger partial charge in [0.25, 0.3) is 0 Å². The van der Waals surface area contributed by atoms with Crippen molar-refractivity contribution in [1.82, 2.24) is 10.6 Å². The van der Waals surface area contributed by atoms with Gasteiger partial charge in [-0.05, 0) is 12.8 Å². The molecule has 0 aliphatic carbocycles. The van der Waals surface area contributed by atoms with Crippen LogP contribution in [0.4, 0.5) is 13.2 Å². The first-order valence-corrected chi connectivity index (χ1v) is 6.47. The maximum atomic E-state index is 11.9. The van der Waals surface area contributed by atoms with Crippen LogP contribution in [0, 0.1) is 5.92 Å². The number of rotatable bonds is 8. The van der Waals surface area contributed by atoms with Gasteiger partial charge in [0, 0.05) is 6.54 Å². The second kappa shape index (κ2) is 8.37. The molecule has 0 aromatic rings.